The van der Waals surface area contributed by atoms with Gasteiger partial charge in [-0.05, 0) is 50.7 Å². The van der Waals surface area contributed by atoms with Gasteiger partial charge in [0.1, 0.15) is 4.90 Å². The quantitative estimate of drug-likeness (QED) is 0.785. The highest BCUT2D eigenvalue weighted by molar-refractivity contribution is 7.89. The van der Waals surface area contributed by atoms with Crippen LogP contribution in [-0.2, 0) is 14.8 Å². The molecule has 1 heterocycles. The van der Waals surface area contributed by atoms with E-state index in [0.717, 1.165) is 12.8 Å². The van der Waals surface area contributed by atoms with E-state index in [2.05, 4.69) is 5.32 Å². The Labute approximate surface area is 163 Å². The van der Waals surface area contributed by atoms with Crippen LogP contribution in [0.4, 0.5) is 4.39 Å². The van der Waals surface area contributed by atoms with Crippen molar-refractivity contribution >= 4 is 27.5 Å². The van der Waals surface area contributed by atoms with Crippen molar-refractivity contribution < 1.29 is 22.7 Å². The number of nitrogens with zero attached hydrogens (tertiary/aromatic N) is 1. The summed E-state index contributed by atoms with van der Waals surface area (Å²) in [5.74, 6) is -1.61. The molecule has 1 saturated heterocycles. The first-order chi connectivity index (χ1) is 12.8. The average Bonchev–Trinajstić information content (AvgIpc) is 2.65. The number of piperidine rings is 1. The van der Waals surface area contributed by atoms with Gasteiger partial charge >= 0.3 is 0 Å². The van der Waals surface area contributed by atoms with Crippen molar-refractivity contribution in [3.63, 3.8) is 0 Å². The predicted molar refractivity (Wildman–Crippen MR) is 99.3 cm³/mol. The lowest BCUT2D eigenvalue weighted by molar-refractivity contribution is -0.127. The molecule has 1 aromatic carbocycles. The van der Waals surface area contributed by atoms with Crippen LogP contribution >= 0.6 is 11.6 Å². The average molecular weight is 419 g/mol. The van der Waals surface area contributed by atoms with Crippen LogP contribution in [0.1, 0.15) is 38.5 Å². The van der Waals surface area contributed by atoms with Crippen molar-refractivity contribution in [2.45, 2.75) is 55.6 Å². The number of hydrogen-bond donors (Lipinski definition) is 2. The van der Waals surface area contributed by atoms with Gasteiger partial charge in [-0.15, -0.1) is 0 Å². The summed E-state index contributed by atoms with van der Waals surface area (Å²) in [6.07, 6.45) is 3.56. The van der Waals surface area contributed by atoms with Crippen LogP contribution in [0.25, 0.3) is 0 Å². The Kier molecular flexibility index (Phi) is 6.40. The van der Waals surface area contributed by atoms with E-state index in [4.69, 9.17) is 11.6 Å². The first-order valence-electron chi connectivity index (χ1n) is 9.21. The van der Waals surface area contributed by atoms with E-state index in [9.17, 15) is 22.7 Å². The summed E-state index contributed by atoms with van der Waals surface area (Å²) in [6, 6.07) is 3.89. The molecule has 9 heteroatoms. The number of hydrogen-bond acceptors (Lipinski definition) is 4. The third kappa shape index (κ3) is 4.62. The van der Waals surface area contributed by atoms with Crippen molar-refractivity contribution in [1.82, 2.24) is 9.62 Å². The second kappa shape index (κ2) is 8.43. The summed E-state index contributed by atoms with van der Waals surface area (Å²) in [5, 5.41) is 12.3. The van der Waals surface area contributed by atoms with Crippen LogP contribution in [-0.4, -0.2) is 49.0 Å². The number of halogens is 2. The molecule has 3 rings (SSSR count). The minimum absolute atomic E-state index is 0.0123. The monoisotopic (exact) mass is 418 g/mol. The molecule has 1 aromatic rings. The fraction of sp³-hybridized carbons (Fsp3) is 0.611. The minimum Gasteiger partial charge on any atom is -0.393 e. The number of amides is 1. The number of nitrogens with one attached hydrogen (secondary N) is 1. The Hall–Kier alpha value is -1.22. The van der Waals surface area contributed by atoms with E-state index >= 15 is 0 Å². The van der Waals surface area contributed by atoms with Crippen molar-refractivity contribution in [2.24, 2.45) is 5.92 Å². The third-order valence-electron chi connectivity index (χ3n) is 5.33. The number of aliphatic hydroxyl groups is 1. The van der Waals surface area contributed by atoms with E-state index in [1.807, 2.05) is 0 Å². The van der Waals surface area contributed by atoms with E-state index < -0.39 is 26.7 Å². The van der Waals surface area contributed by atoms with E-state index in [-0.39, 0.29) is 36.2 Å². The minimum atomic E-state index is -4.06. The fourth-order valence-electron chi connectivity index (χ4n) is 3.74. The summed E-state index contributed by atoms with van der Waals surface area (Å²) in [5.41, 5.74) is 0. The molecular weight excluding hydrogens is 395 g/mol. The van der Waals surface area contributed by atoms with Gasteiger partial charge in [-0.1, -0.05) is 17.7 Å². The van der Waals surface area contributed by atoms with Crippen molar-refractivity contribution in [3.05, 3.63) is 29.0 Å². The smallest absolute Gasteiger partial charge is 0.246 e. The Morgan fingerprint density at radius 3 is 2.63 bits per heavy atom. The zero-order valence-electron chi connectivity index (χ0n) is 14.9. The number of sulfonamides is 1. The normalized spacial score (nSPS) is 27.3. The van der Waals surface area contributed by atoms with Gasteiger partial charge < -0.3 is 10.4 Å². The second-order valence-corrected chi connectivity index (χ2v) is 9.58. The Morgan fingerprint density at radius 2 is 1.93 bits per heavy atom. The van der Waals surface area contributed by atoms with Crippen LogP contribution in [0.2, 0.25) is 5.02 Å². The molecule has 1 saturated carbocycles. The molecule has 1 aliphatic carbocycles. The SMILES string of the molecule is O=C(NC1CCC(O)CC1)C1CCCN(S(=O)(=O)c2cccc(Cl)c2F)C1. The molecule has 2 fully saturated rings. The molecule has 0 aromatic heterocycles. The Morgan fingerprint density at radius 1 is 1.22 bits per heavy atom. The highest BCUT2D eigenvalue weighted by Gasteiger charge is 2.35. The predicted octanol–water partition coefficient (Wildman–Crippen LogP) is 2.30. The molecule has 1 amide bonds. The number of rotatable bonds is 4. The molecule has 1 aliphatic heterocycles. The van der Waals surface area contributed by atoms with Crippen molar-refractivity contribution in [2.75, 3.05) is 13.1 Å². The van der Waals surface area contributed by atoms with Gasteiger partial charge in [-0.2, -0.15) is 4.31 Å². The Bertz CT molecular complexity index is 797. The standard InChI is InChI=1S/C18H24ClFN2O4S/c19-15-4-1-5-16(17(15)20)27(25,26)22-10-2-3-12(11-22)18(24)21-13-6-8-14(23)9-7-13/h1,4-5,12-14,23H,2-3,6-11H2,(H,21,24). The second-order valence-electron chi connectivity index (χ2n) is 7.27. The molecule has 150 valence electrons. The number of aliphatic hydroxyl groups excluding tert-OH is 1. The van der Waals surface area contributed by atoms with Crippen LogP contribution in [0.5, 0.6) is 0 Å². The van der Waals surface area contributed by atoms with Gasteiger partial charge in [0.15, 0.2) is 5.82 Å². The maximum Gasteiger partial charge on any atom is 0.246 e. The summed E-state index contributed by atoms with van der Waals surface area (Å²) in [6.45, 7) is 0.267. The molecule has 0 bridgehead atoms. The zero-order chi connectivity index (χ0) is 19.6. The van der Waals surface area contributed by atoms with E-state index in [0.29, 0.717) is 25.7 Å². The molecule has 2 aliphatic rings. The molecule has 27 heavy (non-hydrogen) atoms. The number of benzene rings is 1. The fourth-order valence-corrected chi connectivity index (χ4v) is 5.58. The lowest BCUT2D eigenvalue weighted by Crippen LogP contribution is -2.48. The van der Waals surface area contributed by atoms with Crippen LogP contribution in [0.3, 0.4) is 0 Å². The highest BCUT2D eigenvalue weighted by atomic mass is 35.5. The molecule has 6 nitrogen and oxygen atoms in total. The van der Waals surface area contributed by atoms with Gasteiger partial charge in [-0.25, -0.2) is 12.8 Å². The van der Waals surface area contributed by atoms with Crippen molar-refractivity contribution in [3.8, 4) is 0 Å². The largest absolute Gasteiger partial charge is 0.393 e. The summed E-state index contributed by atoms with van der Waals surface area (Å²) in [7, 11) is -4.06. The maximum atomic E-state index is 14.2. The maximum absolute atomic E-state index is 14.2. The lowest BCUT2D eigenvalue weighted by Gasteiger charge is -2.33. The Balaban J connectivity index is 1.68. The van der Waals surface area contributed by atoms with Crippen LogP contribution in [0, 0.1) is 11.7 Å². The van der Waals surface area contributed by atoms with Crippen molar-refractivity contribution in [1.29, 1.82) is 0 Å². The topological polar surface area (TPSA) is 86.7 Å². The van der Waals surface area contributed by atoms with Gasteiger partial charge in [0.05, 0.1) is 17.0 Å². The number of carbonyl (C=O) groups is 1. The first-order valence-corrected chi connectivity index (χ1v) is 11.0. The molecule has 2 N–H and O–H groups in total. The van der Waals surface area contributed by atoms with Gasteiger partial charge in [0.2, 0.25) is 15.9 Å². The highest BCUT2D eigenvalue weighted by Crippen LogP contribution is 2.28. The molecule has 0 spiro atoms. The number of carbonyl (C=O) groups excluding carboxylic acids is 1. The summed E-state index contributed by atoms with van der Waals surface area (Å²) >= 11 is 5.72. The molecule has 1 atom stereocenters. The molecule has 0 radical (unpaired) electrons. The van der Waals surface area contributed by atoms with Crippen LogP contribution in [0.15, 0.2) is 23.1 Å². The van der Waals surface area contributed by atoms with Gasteiger partial charge in [0, 0.05) is 19.1 Å². The lowest BCUT2D eigenvalue weighted by atomic mass is 9.92. The van der Waals surface area contributed by atoms with E-state index in [1.165, 1.54) is 22.5 Å². The summed E-state index contributed by atoms with van der Waals surface area (Å²) < 4.78 is 41.0. The van der Waals surface area contributed by atoms with Gasteiger partial charge in [0.25, 0.3) is 0 Å². The zero-order valence-corrected chi connectivity index (χ0v) is 16.5. The first kappa shape index (κ1) is 20.5. The van der Waals surface area contributed by atoms with Gasteiger partial charge in [-0.3, -0.25) is 4.79 Å². The summed E-state index contributed by atoms with van der Waals surface area (Å²) in [4.78, 5) is 12.1. The van der Waals surface area contributed by atoms with E-state index in [1.54, 1.807) is 0 Å². The third-order valence-corrected chi connectivity index (χ3v) is 7.51. The molecule has 1 unspecified atom stereocenters. The van der Waals surface area contributed by atoms with Crippen LogP contribution < -0.4 is 5.32 Å². The molecular formula is C18H24ClFN2O4S.